The van der Waals surface area contributed by atoms with Crippen molar-refractivity contribution in [2.75, 3.05) is 0 Å². The monoisotopic (exact) mass is 273 g/mol. The number of carboxylic acids is 1. The highest BCUT2D eigenvalue weighted by Crippen LogP contribution is 2.60. The predicted octanol–water partition coefficient (Wildman–Crippen LogP) is 3.35. The largest absolute Gasteiger partial charge is 0.480 e. The number of aryl methyl sites for hydroxylation is 1. The third-order valence-electron chi connectivity index (χ3n) is 6.07. The second-order valence-electron chi connectivity index (χ2n) is 7.54. The zero-order chi connectivity index (χ0) is 13.9. The molecule has 0 spiro atoms. The summed E-state index contributed by atoms with van der Waals surface area (Å²) in [5.74, 6) is 1.97. The van der Waals surface area contributed by atoms with Crippen molar-refractivity contribution in [1.82, 2.24) is 4.57 Å². The fraction of sp³-hybridized carbons (Fsp3) is 0.706. The number of aliphatic carboxylic acids is 1. The quantitative estimate of drug-likeness (QED) is 0.917. The van der Waals surface area contributed by atoms with Crippen LogP contribution in [0.4, 0.5) is 0 Å². The highest BCUT2D eigenvalue weighted by molar-refractivity contribution is 5.67. The lowest BCUT2D eigenvalue weighted by molar-refractivity contribution is -0.137. The third-order valence-corrected chi connectivity index (χ3v) is 6.07. The first kappa shape index (κ1) is 12.5. The Kier molecular flexibility index (Phi) is 2.57. The first-order valence-electron chi connectivity index (χ1n) is 7.94. The molecule has 4 bridgehead atoms. The van der Waals surface area contributed by atoms with Crippen molar-refractivity contribution in [1.29, 1.82) is 0 Å². The second kappa shape index (κ2) is 4.12. The van der Waals surface area contributed by atoms with Crippen LogP contribution in [0.1, 0.15) is 49.9 Å². The van der Waals surface area contributed by atoms with Gasteiger partial charge in [-0.1, -0.05) is 0 Å². The summed E-state index contributed by atoms with van der Waals surface area (Å²) >= 11 is 0. The summed E-state index contributed by atoms with van der Waals surface area (Å²) in [5.41, 5.74) is 2.70. The van der Waals surface area contributed by atoms with E-state index in [9.17, 15) is 9.90 Å². The van der Waals surface area contributed by atoms with Crippen LogP contribution in [-0.2, 0) is 16.8 Å². The Hall–Kier alpha value is -1.25. The summed E-state index contributed by atoms with van der Waals surface area (Å²) < 4.78 is 2.06. The molecule has 1 aromatic heterocycles. The molecule has 1 N–H and O–H groups in total. The van der Waals surface area contributed by atoms with Gasteiger partial charge in [-0.3, -0.25) is 4.79 Å². The van der Waals surface area contributed by atoms with Crippen LogP contribution in [0.25, 0.3) is 0 Å². The fourth-order valence-corrected chi connectivity index (χ4v) is 5.80. The van der Waals surface area contributed by atoms with E-state index in [0.717, 1.165) is 23.4 Å². The molecule has 0 amide bonds. The number of carbonyl (C=O) groups is 1. The van der Waals surface area contributed by atoms with Gasteiger partial charge in [-0.2, -0.15) is 0 Å². The molecule has 3 heteroatoms. The number of aromatic nitrogens is 1. The molecular weight excluding hydrogens is 250 g/mol. The Morgan fingerprint density at radius 1 is 1.20 bits per heavy atom. The first-order valence-corrected chi connectivity index (χ1v) is 7.94. The van der Waals surface area contributed by atoms with Crippen molar-refractivity contribution in [2.45, 2.75) is 57.4 Å². The van der Waals surface area contributed by atoms with Crippen molar-refractivity contribution in [3.05, 3.63) is 23.5 Å². The van der Waals surface area contributed by atoms with Crippen LogP contribution in [0.3, 0.4) is 0 Å². The predicted molar refractivity (Wildman–Crippen MR) is 76.7 cm³/mol. The van der Waals surface area contributed by atoms with Gasteiger partial charge in [-0.05, 0) is 75.3 Å². The van der Waals surface area contributed by atoms with Gasteiger partial charge in [0.1, 0.15) is 6.54 Å². The lowest BCUT2D eigenvalue weighted by Crippen LogP contribution is -2.49. The van der Waals surface area contributed by atoms with Crippen LogP contribution in [0.15, 0.2) is 12.1 Å². The highest BCUT2D eigenvalue weighted by Gasteiger charge is 2.52. The van der Waals surface area contributed by atoms with E-state index in [2.05, 4.69) is 16.7 Å². The first-order chi connectivity index (χ1) is 9.56. The van der Waals surface area contributed by atoms with Crippen LogP contribution in [-0.4, -0.2) is 15.6 Å². The maximum Gasteiger partial charge on any atom is 0.323 e. The molecule has 0 radical (unpaired) electrons. The smallest absolute Gasteiger partial charge is 0.323 e. The summed E-state index contributed by atoms with van der Waals surface area (Å²) in [6, 6.07) is 4.32. The Morgan fingerprint density at radius 3 is 2.25 bits per heavy atom. The zero-order valence-corrected chi connectivity index (χ0v) is 12.1. The minimum atomic E-state index is -0.727. The van der Waals surface area contributed by atoms with E-state index in [4.69, 9.17) is 0 Å². The molecule has 0 saturated heterocycles. The van der Waals surface area contributed by atoms with E-state index in [1.54, 1.807) is 0 Å². The van der Waals surface area contributed by atoms with Crippen LogP contribution >= 0.6 is 0 Å². The number of hydrogen-bond donors (Lipinski definition) is 1. The molecule has 0 unspecified atom stereocenters. The summed E-state index contributed by atoms with van der Waals surface area (Å²) in [6.45, 7) is 2.16. The number of hydrogen-bond acceptors (Lipinski definition) is 1. The van der Waals surface area contributed by atoms with E-state index in [-0.39, 0.29) is 6.54 Å². The summed E-state index contributed by atoms with van der Waals surface area (Å²) in [4.78, 5) is 11.2. The van der Waals surface area contributed by atoms with Crippen LogP contribution < -0.4 is 0 Å². The summed E-state index contributed by atoms with van der Waals surface area (Å²) in [5, 5.41) is 9.20. The number of carboxylic acid groups (broad SMARTS) is 1. The molecule has 1 aromatic rings. The minimum absolute atomic E-state index is 0.121. The molecule has 108 valence electrons. The molecule has 0 atom stereocenters. The molecule has 0 aromatic carbocycles. The van der Waals surface area contributed by atoms with Gasteiger partial charge < -0.3 is 9.67 Å². The maximum atomic E-state index is 11.2. The van der Waals surface area contributed by atoms with Gasteiger partial charge in [0.2, 0.25) is 0 Å². The van der Waals surface area contributed by atoms with Crippen LogP contribution in [0.2, 0.25) is 0 Å². The normalized spacial score (nSPS) is 38.4. The van der Waals surface area contributed by atoms with E-state index in [1.165, 1.54) is 44.2 Å². The van der Waals surface area contributed by atoms with Gasteiger partial charge in [0.25, 0.3) is 0 Å². The average Bonchev–Trinajstić information content (AvgIpc) is 2.69. The standard InChI is InChI=1S/C17H23NO2/c1-11-2-3-15(18(11)10-16(19)20)17-7-12-4-13(8-17)6-14(5-12)9-17/h2-3,12-14H,4-10H2,1H3,(H,19,20). The van der Waals surface area contributed by atoms with Gasteiger partial charge >= 0.3 is 5.97 Å². The Morgan fingerprint density at radius 2 is 1.75 bits per heavy atom. The fourth-order valence-electron chi connectivity index (χ4n) is 5.80. The lowest BCUT2D eigenvalue weighted by Gasteiger charge is -2.57. The van der Waals surface area contributed by atoms with E-state index >= 15 is 0 Å². The van der Waals surface area contributed by atoms with E-state index in [0.29, 0.717) is 5.41 Å². The number of nitrogens with zero attached hydrogens (tertiary/aromatic N) is 1. The summed E-state index contributed by atoms with van der Waals surface area (Å²) in [7, 11) is 0. The minimum Gasteiger partial charge on any atom is -0.480 e. The van der Waals surface area contributed by atoms with Crippen molar-refractivity contribution in [3.8, 4) is 0 Å². The van der Waals surface area contributed by atoms with Crippen LogP contribution in [0.5, 0.6) is 0 Å². The van der Waals surface area contributed by atoms with Crippen molar-refractivity contribution in [3.63, 3.8) is 0 Å². The van der Waals surface area contributed by atoms with Gasteiger partial charge in [0.15, 0.2) is 0 Å². The van der Waals surface area contributed by atoms with E-state index in [1.807, 2.05) is 6.92 Å². The average molecular weight is 273 g/mol. The summed E-state index contributed by atoms with van der Waals surface area (Å²) in [6.07, 6.45) is 8.17. The van der Waals surface area contributed by atoms with Crippen molar-refractivity contribution >= 4 is 5.97 Å². The molecule has 0 aliphatic heterocycles. The lowest BCUT2D eigenvalue weighted by atomic mass is 9.49. The highest BCUT2D eigenvalue weighted by atomic mass is 16.4. The second-order valence-corrected chi connectivity index (χ2v) is 7.54. The topological polar surface area (TPSA) is 42.2 Å². The molecular formula is C17H23NO2. The third kappa shape index (κ3) is 1.75. The molecule has 1 heterocycles. The van der Waals surface area contributed by atoms with E-state index < -0.39 is 5.97 Å². The maximum absolute atomic E-state index is 11.2. The molecule has 4 aliphatic rings. The molecule has 4 saturated carbocycles. The van der Waals surface area contributed by atoms with Crippen molar-refractivity contribution in [2.24, 2.45) is 17.8 Å². The molecule has 20 heavy (non-hydrogen) atoms. The molecule has 4 aliphatic carbocycles. The Bertz CT molecular complexity index is 522. The SMILES string of the molecule is Cc1ccc(C23CC4CC(CC(C4)C2)C3)n1CC(=O)O. The van der Waals surface area contributed by atoms with Gasteiger partial charge in [-0.15, -0.1) is 0 Å². The zero-order valence-electron chi connectivity index (χ0n) is 12.1. The number of rotatable bonds is 3. The van der Waals surface area contributed by atoms with Crippen LogP contribution in [0, 0.1) is 24.7 Å². The molecule has 5 rings (SSSR count). The van der Waals surface area contributed by atoms with Gasteiger partial charge in [0.05, 0.1) is 0 Å². The van der Waals surface area contributed by atoms with Gasteiger partial charge in [0, 0.05) is 16.8 Å². The molecule has 4 fully saturated rings. The van der Waals surface area contributed by atoms with Crippen molar-refractivity contribution < 1.29 is 9.90 Å². The van der Waals surface area contributed by atoms with Gasteiger partial charge in [-0.25, -0.2) is 0 Å². The Labute approximate surface area is 120 Å². The Balaban J connectivity index is 1.75. The molecule has 3 nitrogen and oxygen atoms in total.